The van der Waals surface area contributed by atoms with Crippen molar-refractivity contribution in [2.75, 3.05) is 12.4 Å². The summed E-state index contributed by atoms with van der Waals surface area (Å²) >= 11 is 1.63. The maximum atomic E-state index is 12.4. The molecule has 4 rings (SSSR count). The van der Waals surface area contributed by atoms with Crippen LogP contribution in [-0.4, -0.2) is 24.5 Å². The van der Waals surface area contributed by atoms with Crippen molar-refractivity contribution in [1.29, 1.82) is 0 Å². The number of nitrogens with one attached hydrogen (secondary N) is 1. The van der Waals surface area contributed by atoms with Crippen LogP contribution in [0.25, 0.3) is 11.1 Å². The van der Waals surface area contributed by atoms with Crippen molar-refractivity contribution in [2.45, 2.75) is 19.1 Å². The van der Waals surface area contributed by atoms with E-state index in [-0.39, 0.29) is 11.2 Å². The quantitative estimate of drug-likeness (QED) is 0.370. The SMILES string of the molecule is CC(C)COc1ccc(/C=N\NC(=O)CSC2c3ccccc3-c3ccccc32)cc1. The Morgan fingerprint density at radius 1 is 1.00 bits per heavy atom. The average molecular weight is 431 g/mol. The second-order valence-corrected chi connectivity index (χ2v) is 9.03. The van der Waals surface area contributed by atoms with E-state index in [0.717, 1.165) is 11.3 Å². The van der Waals surface area contributed by atoms with Crippen LogP contribution in [0.3, 0.4) is 0 Å². The van der Waals surface area contributed by atoms with Crippen LogP contribution in [0.5, 0.6) is 5.75 Å². The van der Waals surface area contributed by atoms with Gasteiger partial charge in [-0.3, -0.25) is 4.79 Å². The van der Waals surface area contributed by atoms with Crippen LogP contribution in [0.15, 0.2) is 77.9 Å². The molecular formula is C26H26N2O2S. The van der Waals surface area contributed by atoms with E-state index in [4.69, 9.17) is 4.74 Å². The van der Waals surface area contributed by atoms with Crippen LogP contribution in [0.1, 0.15) is 35.8 Å². The van der Waals surface area contributed by atoms with Crippen LogP contribution in [0.4, 0.5) is 0 Å². The van der Waals surface area contributed by atoms with Crippen LogP contribution in [0, 0.1) is 5.92 Å². The van der Waals surface area contributed by atoms with E-state index < -0.39 is 0 Å². The number of thioether (sulfide) groups is 1. The standard InChI is InChI=1S/C26H26N2O2S/c1-18(2)16-30-20-13-11-19(12-14-20)15-27-28-25(29)17-31-26-23-9-5-3-7-21(23)22-8-4-6-10-24(22)26/h3-15,18,26H,16-17H2,1-2H3,(H,28,29)/b27-15-. The number of hydrogen-bond donors (Lipinski definition) is 1. The molecule has 0 radical (unpaired) electrons. The lowest BCUT2D eigenvalue weighted by Crippen LogP contribution is -2.20. The number of amides is 1. The van der Waals surface area contributed by atoms with E-state index in [0.29, 0.717) is 18.3 Å². The van der Waals surface area contributed by atoms with Gasteiger partial charge >= 0.3 is 0 Å². The van der Waals surface area contributed by atoms with Crippen molar-refractivity contribution in [3.63, 3.8) is 0 Å². The van der Waals surface area contributed by atoms with Crippen LogP contribution in [0.2, 0.25) is 0 Å². The Labute approximate surface area is 187 Å². The van der Waals surface area contributed by atoms with Crippen molar-refractivity contribution in [3.05, 3.63) is 89.5 Å². The molecule has 1 aliphatic carbocycles. The van der Waals surface area contributed by atoms with Gasteiger partial charge in [0.1, 0.15) is 5.75 Å². The molecule has 0 unspecified atom stereocenters. The maximum absolute atomic E-state index is 12.4. The van der Waals surface area contributed by atoms with Crippen LogP contribution in [-0.2, 0) is 4.79 Å². The summed E-state index contributed by atoms with van der Waals surface area (Å²) in [5, 5.41) is 4.27. The summed E-state index contributed by atoms with van der Waals surface area (Å²) in [5.74, 6) is 1.55. The number of carbonyl (C=O) groups is 1. The van der Waals surface area contributed by atoms with Gasteiger partial charge in [0.15, 0.2) is 0 Å². The smallest absolute Gasteiger partial charge is 0.250 e. The third kappa shape index (κ3) is 5.17. The molecule has 0 fully saturated rings. The summed E-state index contributed by atoms with van der Waals surface area (Å²) in [6, 6.07) is 24.5. The fourth-order valence-electron chi connectivity index (χ4n) is 3.57. The van der Waals surface area contributed by atoms with E-state index in [1.807, 2.05) is 24.3 Å². The molecule has 0 heterocycles. The number of hydrazone groups is 1. The second-order valence-electron chi connectivity index (χ2n) is 7.93. The fraction of sp³-hybridized carbons (Fsp3) is 0.231. The molecule has 158 valence electrons. The zero-order chi connectivity index (χ0) is 21.6. The van der Waals surface area contributed by atoms with Gasteiger partial charge in [-0.25, -0.2) is 5.43 Å². The largest absolute Gasteiger partial charge is 0.493 e. The number of carbonyl (C=O) groups excluding carboxylic acids is 1. The molecule has 1 amide bonds. The van der Waals surface area contributed by atoms with E-state index in [1.165, 1.54) is 22.3 Å². The van der Waals surface area contributed by atoms with Crippen LogP contribution >= 0.6 is 11.8 Å². The first-order chi connectivity index (χ1) is 15.1. The molecule has 0 atom stereocenters. The molecule has 31 heavy (non-hydrogen) atoms. The fourth-order valence-corrected chi connectivity index (χ4v) is 4.72. The van der Waals surface area contributed by atoms with Gasteiger partial charge in [-0.15, -0.1) is 11.8 Å². The summed E-state index contributed by atoms with van der Waals surface area (Å²) in [7, 11) is 0. The first kappa shape index (κ1) is 21.2. The molecule has 0 saturated heterocycles. The lowest BCUT2D eigenvalue weighted by molar-refractivity contribution is -0.118. The molecule has 0 saturated carbocycles. The minimum atomic E-state index is -0.111. The topological polar surface area (TPSA) is 50.7 Å². The van der Waals surface area contributed by atoms with Gasteiger partial charge in [-0.2, -0.15) is 5.10 Å². The van der Waals surface area contributed by atoms with E-state index in [9.17, 15) is 4.79 Å². The molecule has 0 bridgehead atoms. The zero-order valence-electron chi connectivity index (χ0n) is 17.7. The molecule has 0 spiro atoms. The van der Waals surface area contributed by atoms with E-state index in [1.54, 1.807) is 18.0 Å². The molecule has 3 aromatic carbocycles. The minimum Gasteiger partial charge on any atom is -0.493 e. The highest BCUT2D eigenvalue weighted by Gasteiger charge is 2.28. The number of ether oxygens (including phenoxy) is 1. The lowest BCUT2D eigenvalue weighted by Gasteiger charge is -2.12. The van der Waals surface area contributed by atoms with Crippen molar-refractivity contribution >= 4 is 23.9 Å². The Bertz CT molecular complexity index is 1030. The Balaban J connectivity index is 1.31. The highest BCUT2D eigenvalue weighted by Crippen LogP contribution is 2.49. The van der Waals surface area contributed by atoms with Gasteiger partial charge in [-0.05, 0) is 58.0 Å². The molecule has 0 aliphatic heterocycles. The maximum Gasteiger partial charge on any atom is 0.250 e. The Kier molecular flexibility index (Phi) is 6.73. The second kappa shape index (κ2) is 9.84. The van der Waals surface area contributed by atoms with Gasteiger partial charge in [0.2, 0.25) is 5.91 Å². The normalized spacial score (nSPS) is 12.7. The predicted octanol–water partition coefficient (Wildman–Crippen LogP) is 5.67. The van der Waals surface area contributed by atoms with Gasteiger partial charge in [-0.1, -0.05) is 62.4 Å². The monoisotopic (exact) mass is 430 g/mol. The average Bonchev–Trinajstić information content (AvgIpc) is 3.11. The van der Waals surface area contributed by atoms with Crippen molar-refractivity contribution in [3.8, 4) is 16.9 Å². The summed E-state index contributed by atoms with van der Waals surface area (Å²) in [6.45, 7) is 4.93. The lowest BCUT2D eigenvalue weighted by atomic mass is 10.1. The van der Waals surface area contributed by atoms with Gasteiger partial charge in [0.05, 0.1) is 23.8 Å². The third-order valence-corrected chi connectivity index (χ3v) is 6.29. The number of benzene rings is 3. The zero-order valence-corrected chi connectivity index (χ0v) is 18.6. The van der Waals surface area contributed by atoms with Crippen LogP contribution < -0.4 is 10.2 Å². The molecule has 1 N–H and O–H groups in total. The third-order valence-electron chi connectivity index (χ3n) is 5.02. The Morgan fingerprint density at radius 3 is 2.23 bits per heavy atom. The molecule has 3 aromatic rings. The van der Waals surface area contributed by atoms with E-state index >= 15 is 0 Å². The molecular weight excluding hydrogens is 404 g/mol. The summed E-state index contributed by atoms with van der Waals surface area (Å²) in [6.07, 6.45) is 1.65. The minimum absolute atomic E-state index is 0.111. The van der Waals surface area contributed by atoms with Crippen molar-refractivity contribution in [1.82, 2.24) is 5.43 Å². The Morgan fingerprint density at radius 2 is 1.61 bits per heavy atom. The molecule has 5 heteroatoms. The highest BCUT2D eigenvalue weighted by atomic mass is 32.2. The first-order valence-electron chi connectivity index (χ1n) is 10.5. The van der Waals surface area contributed by atoms with Crippen molar-refractivity contribution in [2.24, 2.45) is 11.0 Å². The Hall–Kier alpha value is -3.05. The van der Waals surface area contributed by atoms with Gasteiger partial charge in [0, 0.05) is 0 Å². The van der Waals surface area contributed by atoms with Gasteiger partial charge in [0.25, 0.3) is 0 Å². The highest BCUT2D eigenvalue weighted by molar-refractivity contribution is 8.00. The molecule has 4 nitrogen and oxygen atoms in total. The number of fused-ring (bicyclic) bond motifs is 3. The number of hydrogen-bond acceptors (Lipinski definition) is 4. The number of rotatable bonds is 8. The summed E-state index contributed by atoms with van der Waals surface area (Å²) in [4.78, 5) is 12.4. The predicted molar refractivity (Wildman–Crippen MR) is 129 cm³/mol. The van der Waals surface area contributed by atoms with E-state index in [2.05, 4.69) is 72.9 Å². The first-order valence-corrected chi connectivity index (χ1v) is 11.5. The summed E-state index contributed by atoms with van der Waals surface area (Å²) in [5.41, 5.74) is 8.60. The van der Waals surface area contributed by atoms with Gasteiger partial charge < -0.3 is 4.74 Å². The van der Waals surface area contributed by atoms with Crippen molar-refractivity contribution < 1.29 is 9.53 Å². The summed E-state index contributed by atoms with van der Waals surface area (Å²) < 4.78 is 5.68. The molecule has 0 aromatic heterocycles. The molecule has 1 aliphatic rings. The number of nitrogens with zero attached hydrogens (tertiary/aromatic N) is 1.